The Morgan fingerprint density at radius 2 is 1.79 bits per heavy atom. The number of hydrogen-bond donors (Lipinski definition) is 1. The maximum atomic E-state index is 12.9. The molecule has 2 aromatic heterocycles. The number of nitrogens with one attached hydrogen (secondary N) is 1. The minimum absolute atomic E-state index is 0.0599. The number of hydrogen-bond acceptors (Lipinski definition) is 4. The van der Waals surface area contributed by atoms with E-state index in [0.29, 0.717) is 43.0 Å². The third-order valence-electron chi connectivity index (χ3n) is 5.95. The summed E-state index contributed by atoms with van der Waals surface area (Å²) in [5.41, 5.74) is 1.43. The first-order valence-electron chi connectivity index (χ1n) is 9.79. The lowest BCUT2D eigenvalue weighted by Gasteiger charge is -2.25. The van der Waals surface area contributed by atoms with Crippen molar-refractivity contribution in [2.75, 3.05) is 18.4 Å². The number of para-hydroxylation sites is 1. The van der Waals surface area contributed by atoms with Gasteiger partial charge in [-0.2, -0.15) is 0 Å². The second-order valence-corrected chi connectivity index (χ2v) is 7.81. The zero-order chi connectivity index (χ0) is 20.0. The van der Waals surface area contributed by atoms with E-state index in [1.54, 1.807) is 0 Å². The summed E-state index contributed by atoms with van der Waals surface area (Å²) in [7, 11) is 1.88. The summed E-state index contributed by atoms with van der Waals surface area (Å²) in [5, 5.41) is 11.3. The van der Waals surface area contributed by atoms with Crippen molar-refractivity contribution in [3.63, 3.8) is 0 Å². The van der Waals surface area contributed by atoms with Crippen molar-refractivity contribution in [3.05, 3.63) is 66.0 Å². The zero-order valence-electron chi connectivity index (χ0n) is 16.2. The fraction of sp³-hybridized carbons (Fsp3) is 0.333. The number of aromatic nitrogens is 4. The van der Waals surface area contributed by atoms with Crippen LogP contribution in [0.3, 0.4) is 0 Å². The van der Waals surface area contributed by atoms with Gasteiger partial charge in [-0.25, -0.2) is 0 Å². The number of likely N-dealkylation sites (tertiary alicyclic amines) is 1. The van der Waals surface area contributed by atoms with Gasteiger partial charge in [0.05, 0.1) is 0 Å². The molecule has 29 heavy (non-hydrogen) atoms. The van der Waals surface area contributed by atoms with Crippen molar-refractivity contribution >= 4 is 17.5 Å². The van der Waals surface area contributed by atoms with Crippen molar-refractivity contribution in [1.29, 1.82) is 0 Å². The van der Waals surface area contributed by atoms with E-state index in [4.69, 9.17) is 0 Å². The summed E-state index contributed by atoms with van der Waals surface area (Å²) in [6.45, 7) is 2.06. The molecule has 0 unspecified atom stereocenters. The number of aryl methyl sites for hydroxylation is 1. The predicted molar refractivity (Wildman–Crippen MR) is 106 cm³/mol. The molecule has 3 aromatic rings. The first kappa shape index (κ1) is 17.7. The molecular weight excluding hydrogens is 368 g/mol. The Hall–Kier alpha value is -3.42. The van der Waals surface area contributed by atoms with Crippen LogP contribution in [0.1, 0.15) is 26.9 Å². The molecule has 0 spiro atoms. The molecule has 0 bridgehead atoms. The Morgan fingerprint density at radius 3 is 2.55 bits per heavy atom. The van der Waals surface area contributed by atoms with Crippen LogP contribution in [0.15, 0.2) is 48.7 Å². The number of anilines is 1. The monoisotopic (exact) mass is 390 g/mol. The third-order valence-corrected chi connectivity index (χ3v) is 5.95. The molecule has 0 aliphatic carbocycles. The third kappa shape index (κ3) is 3.10. The van der Waals surface area contributed by atoms with Gasteiger partial charge in [0, 0.05) is 45.0 Å². The van der Waals surface area contributed by atoms with Gasteiger partial charge in [0.15, 0.2) is 0 Å². The van der Waals surface area contributed by atoms with Crippen LogP contribution in [0, 0.1) is 11.8 Å². The minimum atomic E-state index is -0.261. The summed E-state index contributed by atoms with van der Waals surface area (Å²) in [6, 6.07) is 13.1. The Kier molecular flexibility index (Phi) is 4.19. The molecule has 5 rings (SSSR count). The quantitative estimate of drug-likeness (QED) is 0.739. The van der Waals surface area contributed by atoms with Gasteiger partial charge in [0.2, 0.25) is 5.82 Å². The highest BCUT2D eigenvalue weighted by atomic mass is 16.2. The largest absolute Gasteiger partial charge is 0.347 e. The first-order valence-corrected chi connectivity index (χ1v) is 9.79. The van der Waals surface area contributed by atoms with Gasteiger partial charge in [-0.05, 0) is 36.1 Å². The number of rotatable bonds is 3. The minimum Gasteiger partial charge on any atom is -0.347 e. The maximum absolute atomic E-state index is 12.9. The standard InChI is InChI=1S/C21H22N6O2/c1-25-9-5-8-17(25)21(29)26-11-14-10-18-23-24-19(27(18)13-15(14)12-26)20(28)22-16-6-3-2-4-7-16/h2-9,14-15H,10-13H2,1H3,(H,22,28)/t14-,15+/m1/s1. The lowest BCUT2D eigenvalue weighted by Crippen LogP contribution is -2.31. The van der Waals surface area contributed by atoms with E-state index < -0.39 is 0 Å². The molecule has 1 saturated heterocycles. The second-order valence-electron chi connectivity index (χ2n) is 7.81. The van der Waals surface area contributed by atoms with Crippen LogP contribution in [0.4, 0.5) is 5.69 Å². The van der Waals surface area contributed by atoms with Gasteiger partial charge < -0.3 is 19.4 Å². The van der Waals surface area contributed by atoms with E-state index in [0.717, 1.165) is 17.9 Å². The number of carbonyl (C=O) groups is 2. The number of amides is 2. The van der Waals surface area contributed by atoms with Gasteiger partial charge in [0.25, 0.3) is 11.8 Å². The fourth-order valence-corrected chi connectivity index (χ4v) is 4.41. The van der Waals surface area contributed by atoms with Crippen LogP contribution < -0.4 is 5.32 Å². The molecule has 0 radical (unpaired) electrons. The number of carbonyl (C=O) groups excluding carboxylic acids is 2. The normalized spacial score (nSPS) is 20.2. The van der Waals surface area contributed by atoms with Gasteiger partial charge in [-0.3, -0.25) is 9.59 Å². The molecule has 1 fully saturated rings. The van der Waals surface area contributed by atoms with E-state index in [-0.39, 0.29) is 11.8 Å². The summed E-state index contributed by atoms with van der Waals surface area (Å²) < 4.78 is 3.77. The highest BCUT2D eigenvalue weighted by Gasteiger charge is 2.41. The lowest BCUT2D eigenvalue weighted by atomic mass is 9.89. The van der Waals surface area contributed by atoms with E-state index in [1.807, 2.05) is 69.7 Å². The van der Waals surface area contributed by atoms with Gasteiger partial charge in [-0.1, -0.05) is 18.2 Å². The molecule has 2 atom stereocenters. The zero-order valence-corrected chi connectivity index (χ0v) is 16.2. The van der Waals surface area contributed by atoms with Gasteiger partial charge in [0.1, 0.15) is 11.5 Å². The smallest absolute Gasteiger partial charge is 0.293 e. The first-order chi connectivity index (χ1) is 14.1. The van der Waals surface area contributed by atoms with E-state index in [9.17, 15) is 9.59 Å². The van der Waals surface area contributed by atoms with Crippen LogP contribution in [-0.2, 0) is 20.0 Å². The molecule has 0 saturated carbocycles. The van der Waals surface area contributed by atoms with Crippen LogP contribution in [0.2, 0.25) is 0 Å². The Balaban J connectivity index is 1.32. The lowest BCUT2D eigenvalue weighted by molar-refractivity contribution is 0.0773. The van der Waals surface area contributed by atoms with Crippen LogP contribution >= 0.6 is 0 Å². The maximum Gasteiger partial charge on any atom is 0.293 e. The van der Waals surface area contributed by atoms with Gasteiger partial charge in [-0.15, -0.1) is 10.2 Å². The van der Waals surface area contributed by atoms with Crippen LogP contribution in [-0.4, -0.2) is 49.1 Å². The van der Waals surface area contributed by atoms with Crippen LogP contribution in [0.25, 0.3) is 0 Å². The van der Waals surface area contributed by atoms with Crippen molar-refractivity contribution in [2.24, 2.45) is 18.9 Å². The number of benzene rings is 1. The fourth-order valence-electron chi connectivity index (χ4n) is 4.41. The Bertz CT molecular complexity index is 1070. The summed E-state index contributed by atoms with van der Waals surface area (Å²) in [5.74, 6) is 1.59. The van der Waals surface area contributed by atoms with E-state index in [2.05, 4.69) is 15.5 Å². The number of nitrogens with zero attached hydrogens (tertiary/aromatic N) is 5. The topological polar surface area (TPSA) is 85.1 Å². The summed E-state index contributed by atoms with van der Waals surface area (Å²) >= 11 is 0. The van der Waals surface area contributed by atoms with E-state index >= 15 is 0 Å². The molecule has 8 heteroatoms. The second kappa shape index (κ2) is 6.88. The Morgan fingerprint density at radius 1 is 1.00 bits per heavy atom. The molecular formula is C21H22N6O2. The number of fused-ring (bicyclic) bond motifs is 2. The molecule has 2 aliphatic heterocycles. The summed E-state index contributed by atoms with van der Waals surface area (Å²) in [4.78, 5) is 27.5. The molecule has 4 heterocycles. The van der Waals surface area contributed by atoms with Crippen molar-refractivity contribution < 1.29 is 9.59 Å². The molecule has 8 nitrogen and oxygen atoms in total. The average Bonchev–Trinajstić information content (AvgIpc) is 3.43. The SMILES string of the molecule is Cn1cccc1C(=O)N1C[C@H]2Cc3nnc(C(=O)Nc4ccccc4)n3C[C@@H]2C1. The van der Waals surface area contributed by atoms with Crippen molar-refractivity contribution in [1.82, 2.24) is 24.2 Å². The highest BCUT2D eigenvalue weighted by molar-refractivity contribution is 6.01. The Labute approximate surface area is 168 Å². The molecule has 1 N–H and O–H groups in total. The highest BCUT2D eigenvalue weighted by Crippen LogP contribution is 2.33. The predicted octanol–water partition coefficient (Wildman–Crippen LogP) is 1.81. The summed E-state index contributed by atoms with van der Waals surface area (Å²) in [6.07, 6.45) is 2.61. The average molecular weight is 390 g/mol. The van der Waals surface area contributed by atoms with Crippen LogP contribution in [0.5, 0.6) is 0 Å². The van der Waals surface area contributed by atoms with Crippen molar-refractivity contribution in [2.45, 2.75) is 13.0 Å². The molecule has 1 aromatic carbocycles. The van der Waals surface area contributed by atoms with Crippen molar-refractivity contribution in [3.8, 4) is 0 Å². The molecule has 2 aliphatic rings. The van der Waals surface area contributed by atoms with Gasteiger partial charge >= 0.3 is 0 Å². The van der Waals surface area contributed by atoms with E-state index in [1.165, 1.54) is 0 Å². The molecule has 148 valence electrons. The molecule has 2 amide bonds.